The minimum Gasteiger partial charge on any atom is -0.479 e. The molecular formula is C14H22N2O4. The number of carboxylic acid groups (broad SMARTS) is 1. The van der Waals surface area contributed by atoms with E-state index in [1.807, 2.05) is 4.90 Å². The van der Waals surface area contributed by atoms with Crippen LogP contribution in [0.1, 0.15) is 32.1 Å². The third kappa shape index (κ3) is 2.67. The molecule has 3 unspecified atom stereocenters. The smallest absolute Gasteiger partial charge is 0.332 e. The van der Waals surface area contributed by atoms with Crippen LogP contribution in [0.3, 0.4) is 0 Å². The Bertz CT molecular complexity index is 395. The molecule has 1 amide bonds. The minimum absolute atomic E-state index is 0.0181. The molecule has 3 atom stereocenters. The molecule has 1 N–H and O–H groups in total. The summed E-state index contributed by atoms with van der Waals surface area (Å²) in [7, 11) is 0. The molecule has 0 aliphatic carbocycles. The molecule has 112 valence electrons. The van der Waals surface area contributed by atoms with E-state index in [0.29, 0.717) is 18.9 Å². The van der Waals surface area contributed by atoms with E-state index in [1.54, 1.807) is 0 Å². The normalized spacial score (nSPS) is 34.8. The van der Waals surface area contributed by atoms with Gasteiger partial charge in [-0.15, -0.1) is 0 Å². The molecule has 3 saturated heterocycles. The standard InChI is InChI=1S/C14H22N2O4/c17-13(11-3-4-12(20-11)14(18)19)16-8-5-10(9-16)15-6-1-2-7-15/h10-12H,1-9H2,(H,18,19). The quantitative estimate of drug-likeness (QED) is 0.807. The largest absolute Gasteiger partial charge is 0.479 e. The van der Waals surface area contributed by atoms with Gasteiger partial charge in [-0.25, -0.2) is 4.79 Å². The van der Waals surface area contributed by atoms with Gasteiger partial charge in [-0.05, 0) is 45.2 Å². The van der Waals surface area contributed by atoms with E-state index in [0.717, 1.165) is 32.6 Å². The van der Waals surface area contributed by atoms with Crippen molar-refractivity contribution in [2.45, 2.75) is 50.4 Å². The van der Waals surface area contributed by atoms with E-state index < -0.39 is 18.2 Å². The van der Waals surface area contributed by atoms with Crippen LogP contribution in [0.4, 0.5) is 0 Å². The van der Waals surface area contributed by atoms with Gasteiger partial charge in [0.2, 0.25) is 0 Å². The van der Waals surface area contributed by atoms with E-state index >= 15 is 0 Å². The molecule has 0 bridgehead atoms. The predicted molar refractivity (Wildman–Crippen MR) is 71.3 cm³/mol. The molecule has 0 radical (unpaired) electrons. The molecule has 0 aromatic carbocycles. The summed E-state index contributed by atoms with van der Waals surface area (Å²) in [5.74, 6) is -0.980. The Morgan fingerprint density at radius 1 is 1.00 bits per heavy atom. The van der Waals surface area contributed by atoms with E-state index in [1.165, 1.54) is 12.8 Å². The van der Waals surface area contributed by atoms with Crippen LogP contribution in [0.2, 0.25) is 0 Å². The van der Waals surface area contributed by atoms with Crippen molar-refractivity contribution in [3.8, 4) is 0 Å². The van der Waals surface area contributed by atoms with Crippen LogP contribution in [-0.4, -0.2) is 71.2 Å². The highest BCUT2D eigenvalue weighted by Crippen LogP contribution is 2.25. The van der Waals surface area contributed by atoms with Crippen LogP contribution in [0.5, 0.6) is 0 Å². The van der Waals surface area contributed by atoms with Crippen LogP contribution < -0.4 is 0 Å². The third-order valence-corrected chi connectivity index (χ3v) is 4.70. The predicted octanol–water partition coefficient (Wildman–Crippen LogP) is 0.315. The fourth-order valence-corrected chi connectivity index (χ4v) is 3.55. The second kappa shape index (κ2) is 5.69. The van der Waals surface area contributed by atoms with E-state index in [4.69, 9.17) is 9.84 Å². The molecule has 3 aliphatic rings. The molecular weight excluding hydrogens is 260 g/mol. The summed E-state index contributed by atoms with van der Waals surface area (Å²) in [6.45, 7) is 3.84. The lowest BCUT2D eigenvalue weighted by molar-refractivity contribution is -0.154. The van der Waals surface area contributed by atoms with Crippen molar-refractivity contribution >= 4 is 11.9 Å². The molecule has 3 fully saturated rings. The number of hydrogen-bond acceptors (Lipinski definition) is 4. The number of nitrogens with zero attached hydrogens (tertiary/aromatic N) is 2. The second-order valence-electron chi connectivity index (χ2n) is 6.00. The van der Waals surface area contributed by atoms with E-state index in [-0.39, 0.29) is 5.91 Å². The SMILES string of the molecule is O=C(O)C1CCC(C(=O)N2CCC(N3CCCC3)C2)O1. The number of carbonyl (C=O) groups is 2. The van der Waals surface area contributed by atoms with E-state index in [9.17, 15) is 9.59 Å². The lowest BCUT2D eigenvalue weighted by Gasteiger charge is -2.24. The first-order chi connectivity index (χ1) is 9.65. The molecule has 0 spiro atoms. The fourth-order valence-electron chi connectivity index (χ4n) is 3.55. The Balaban J connectivity index is 1.52. The second-order valence-corrected chi connectivity index (χ2v) is 6.00. The van der Waals surface area contributed by atoms with Crippen LogP contribution >= 0.6 is 0 Å². The highest BCUT2D eigenvalue weighted by Gasteiger charge is 2.39. The van der Waals surface area contributed by atoms with Crippen molar-refractivity contribution < 1.29 is 19.4 Å². The molecule has 0 aromatic rings. The van der Waals surface area contributed by atoms with Gasteiger partial charge in [0.1, 0.15) is 6.10 Å². The number of carboxylic acids is 1. The van der Waals surface area contributed by atoms with Crippen LogP contribution in [0, 0.1) is 0 Å². The van der Waals surface area contributed by atoms with Gasteiger partial charge in [-0.2, -0.15) is 0 Å². The summed E-state index contributed by atoms with van der Waals surface area (Å²) < 4.78 is 5.35. The molecule has 6 heteroatoms. The van der Waals surface area contributed by atoms with Crippen LogP contribution in [0.25, 0.3) is 0 Å². The molecule has 3 aliphatic heterocycles. The third-order valence-electron chi connectivity index (χ3n) is 4.70. The first-order valence-electron chi connectivity index (χ1n) is 7.56. The van der Waals surface area contributed by atoms with Crippen molar-refractivity contribution in [2.24, 2.45) is 0 Å². The van der Waals surface area contributed by atoms with Crippen LogP contribution in [0.15, 0.2) is 0 Å². The average molecular weight is 282 g/mol. The van der Waals surface area contributed by atoms with Crippen molar-refractivity contribution in [1.82, 2.24) is 9.80 Å². The Kier molecular flexibility index (Phi) is 3.94. The monoisotopic (exact) mass is 282 g/mol. The summed E-state index contributed by atoms with van der Waals surface area (Å²) in [4.78, 5) is 27.6. The van der Waals surface area contributed by atoms with Gasteiger partial charge in [0, 0.05) is 19.1 Å². The van der Waals surface area contributed by atoms with E-state index in [2.05, 4.69) is 4.90 Å². The zero-order valence-electron chi connectivity index (χ0n) is 11.7. The summed E-state index contributed by atoms with van der Waals surface area (Å²) in [5.41, 5.74) is 0. The zero-order valence-corrected chi connectivity index (χ0v) is 11.7. The first-order valence-corrected chi connectivity index (χ1v) is 7.56. The van der Waals surface area contributed by atoms with Gasteiger partial charge in [-0.1, -0.05) is 0 Å². The Morgan fingerprint density at radius 3 is 2.35 bits per heavy atom. The number of ether oxygens (including phenoxy) is 1. The first kappa shape index (κ1) is 13.8. The average Bonchev–Trinajstić information content (AvgIpc) is 3.17. The number of carbonyl (C=O) groups excluding carboxylic acids is 1. The Labute approximate surface area is 118 Å². The van der Waals surface area contributed by atoms with Gasteiger partial charge in [0.25, 0.3) is 5.91 Å². The molecule has 20 heavy (non-hydrogen) atoms. The summed E-state index contributed by atoms with van der Waals surface area (Å²) in [6.07, 6.45) is 3.16. The molecule has 3 heterocycles. The van der Waals surface area contributed by atoms with Crippen LogP contribution in [-0.2, 0) is 14.3 Å². The Morgan fingerprint density at radius 2 is 1.70 bits per heavy atom. The summed E-state index contributed by atoms with van der Waals surface area (Å²) in [6, 6.07) is 0.484. The maximum atomic E-state index is 12.4. The maximum Gasteiger partial charge on any atom is 0.332 e. The molecule has 0 aromatic heterocycles. The Hall–Kier alpha value is -1.14. The number of hydrogen-bond donors (Lipinski definition) is 1. The lowest BCUT2D eigenvalue weighted by atomic mass is 10.2. The number of amides is 1. The van der Waals surface area contributed by atoms with Crippen molar-refractivity contribution in [3.63, 3.8) is 0 Å². The fraction of sp³-hybridized carbons (Fsp3) is 0.857. The minimum atomic E-state index is -0.961. The summed E-state index contributed by atoms with van der Waals surface area (Å²) >= 11 is 0. The van der Waals surface area contributed by atoms with Crippen molar-refractivity contribution in [1.29, 1.82) is 0 Å². The number of likely N-dealkylation sites (tertiary alicyclic amines) is 2. The topological polar surface area (TPSA) is 70.1 Å². The van der Waals surface area contributed by atoms with Gasteiger partial charge in [-0.3, -0.25) is 9.69 Å². The number of aliphatic carboxylic acids is 1. The molecule has 6 nitrogen and oxygen atoms in total. The van der Waals surface area contributed by atoms with Crippen molar-refractivity contribution in [2.75, 3.05) is 26.2 Å². The maximum absolute atomic E-state index is 12.4. The highest BCUT2D eigenvalue weighted by molar-refractivity contribution is 5.83. The molecule has 0 saturated carbocycles. The number of rotatable bonds is 3. The summed E-state index contributed by atoms with van der Waals surface area (Å²) in [5, 5.41) is 8.91. The van der Waals surface area contributed by atoms with Gasteiger partial charge in [0.05, 0.1) is 0 Å². The van der Waals surface area contributed by atoms with Crippen molar-refractivity contribution in [3.05, 3.63) is 0 Å². The lowest BCUT2D eigenvalue weighted by Crippen LogP contribution is -2.41. The zero-order chi connectivity index (χ0) is 14.1. The molecule has 3 rings (SSSR count). The van der Waals surface area contributed by atoms with Gasteiger partial charge < -0.3 is 14.7 Å². The van der Waals surface area contributed by atoms with Gasteiger partial charge in [0.15, 0.2) is 6.10 Å². The van der Waals surface area contributed by atoms with Gasteiger partial charge >= 0.3 is 5.97 Å². The highest BCUT2D eigenvalue weighted by atomic mass is 16.5.